The summed E-state index contributed by atoms with van der Waals surface area (Å²) in [5.41, 5.74) is -3.43. The van der Waals surface area contributed by atoms with Gasteiger partial charge >= 0.3 is 23.9 Å². The number of esters is 4. The van der Waals surface area contributed by atoms with Gasteiger partial charge in [0.15, 0.2) is 23.3 Å². The van der Waals surface area contributed by atoms with Gasteiger partial charge in [-0.3, -0.25) is 19.2 Å². The first-order valence-electron chi connectivity index (χ1n) is 12.1. The highest BCUT2D eigenvalue weighted by Gasteiger charge is 2.53. The number of hydrogen-bond donors (Lipinski definition) is 0. The number of carbonyl (C=O) groups is 4. The summed E-state index contributed by atoms with van der Waals surface area (Å²) >= 11 is 3.38. The van der Waals surface area contributed by atoms with Crippen LogP contribution in [0.25, 0.3) is 0 Å². The fourth-order valence-corrected chi connectivity index (χ4v) is 3.36. The number of hydrogen-bond acceptors (Lipinski definition) is 9. The molecule has 0 unspecified atom stereocenters. The molecular weight excluding hydrogens is 536 g/mol. The SMILES string of the molecule is CC(C)(C)C(=O)OC[C@@H]1O[C@@H](Br)[C@H](OC(=O)C(C)(C)C)[C@@H](OC(=O)C(C)(C)C)[C@H]1OC(=O)C(C)(C)C. The van der Waals surface area contributed by atoms with E-state index in [1.54, 1.807) is 83.1 Å². The molecule has 5 atom stereocenters. The van der Waals surface area contributed by atoms with E-state index in [2.05, 4.69) is 15.9 Å². The summed E-state index contributed by atoms with van der Waals surface area (Å²) in [5.74, 6) is -2.22. The molecule has 0 aromatic rings. The number of rotatable bonds is 5. The van der Waals surface area contributed by atoms with Crippen molar-refractivity contribution >= 4 is 39.8 Å². The molecule has 1 heterocycles. The summed E-state index contributed by atoms with van der Waals surface area (Å²) in [6, 6.07) is 0. The van der Waals surface area contributed by atoms with Crippen molar-refractivity contribution in [1.29, 1.82) is 0 Å². The lowest BCUT2D eigenvalue weighted by molar-refractivity contribution is -0.245. The van der Waals surface area contributed by atoms with Crippen molar-refractivity contribution in [2.24, 2.45) is 21.7 Å². The molecule has 1 rings (SSSR count). The van der Waals surface area contributed by atoms with Gasteiger partial charge in [0, 0.05) is 0 Å². The lowest BCUT2D eigenvalue weighted by atomic mass is 9.93. The lowest BCUT2D eigenvalue weighted by Gasteiger charge is -2.44. The molecule has 9 nitrogen and oxygen atoms in total. The summed E-state index contributed by atoms with van der Waals surface area (Å²) in [6.07, 6.45) is -4.60. The van der Waals surface area contributed by atoms with Crippen LogP contribution in [-0.2, 0) is 42.9 Å². The first-order chi connectivity index (χ1) is 16.0. The minimum Gasteiger partial charge on any atom is -0.462 e. The highest BCUT2D eigenvalue weighted by atomic mass is 79.9. The molecule has 1 fully saturated rings. The van der Waals surface area contributed by atoms with Crippen LogP contribution in [0.15, 0.2) is 0 Å². The summed E-state index contributed by atoms with van der Waals surface area (Å²) in [7, 11) is 0. The maximum absolute atomic E-state index is 13.0. The molecule has 10 heteroatoms. The zero-order chi connectivity index (χ0) is 28.4. The van der Waals surface area contributed by atoms with Gasteiger partial charge in [-0.15, -0.1) is 0 Å². The molecule has 0 aromatic heterocycles. The standard InChI is InChI=1S/C26H43BrO9/c1-23(2,3)19(28)32-13-14-15(34-20(29)24(4,5)6)16(35-21(30)25(7,8)9)17(18(27)33-14)36-22(31)26(10,11)12/h14-18H,13H2,1-12H3/t14-,15-,16-,17+,18+/m0/s1. The molecule has 0 bridgehead atoms. The van der Waals surface area contributed by atoms with E-state index < -0.39 is 75.0 Å². The van der Waals surface area contributed by atoms with E-state index in [0.717, 1.165) is 0 Å². The topological polar surface area (TPSA) is 114 Å². The molecule has 0 aromatic carbocycles. The van der Waals surface area contributed by atoms with Crippen LogP contribution in [0, 0.1) is 21.7 Å². The summed E-state index contributed by atoms with van der Waals surface area (Å²) in [5, 5.41) is -0.940. The van der Waals surface area contributed by atoms with Crippen LogP contribution in [0.2, 0.25) is 0 Å². The average molecular weight is 580 g/mol. The maximum Gasteiger partial charge on any atom is 0.311 e. The second-order valence-electron chi connectivity index (χ2n) is 13.2. The molecule has 0 aliphatic carbocycles. The summed E-state index contributed by atoms with van der Waals surface area (Å²) in [6.45, 7) is 19.9. The lowest BCUT2D eigenvalue weighted by Crippen LogP contribution is -2.62. The Morgan fingerprint density at radius 2 is 0.917 bits per heavy atom. The molecule has 0 amide bonds. The van der Waals surface area contributed by atoms with Gasteiger partial charge in [-0.05, 0) is 83.1 Å². The van der Waals surface area contributed by atoms with Gasteiger partial charge in [0.05, 0.1) is 21.7 Å². The molecule has 36 heavy (non-hydrogen) atoms. The van der Waals surface area contributed by atoms with Crippen LogP contribution in [0.5, 0.6) is 0 Å². The molecule has 1 aliphatic heterocycles. The van der Waals surface area contributed by atoms with E-state index in [1.165, 1.54) is 0 Å². The number of halogens is 1. The number of alkyl halides is 1. The molecule has 1 saturated heterocycles. The predicted octanol–water partition coefficient (Wildman–Crippen LogP) is 4.57. The number of carbonyl (C=O) groups excluding carboxylic acids is 4. The van der Waals surface area contributed by atoms with E-state index in [4.69, 9.17) is 23.7 Å². The monoisotopic (exact) mass is 578 g/mol. The van der Waals surface area contributed by atoms with Crippen molar-refractivity contribution in [1.82, 2.24) is 0 Å². The van der Waals surface area contributed by atoms with E-state index in [-0.39, 0.29) is 6.61 Å². The Balaban J connectivity index is 3.50. The van der Waals surface area contributed by atoms with Crippen LogP contribution in [0.1, 0.15) is 83.1 Å². The van der Waals surface area contributed by atoms with Crippen LogP contribution in [0.4, 0.5) is 0 Å². The van der Waals surface area contributed by atoms with Gasteiger partial charge in [-0.1, -0.05) is 15.9 Å². The van der Waals surface area contributed by atoms with Gasteiger partial charge in [-0.25, -0.2) is 0 Å². The van der Waals surface area contributed by atoms with Crippen LogP contribution >= 0.6 is 15.9 Å². The first kappa shape index (κ1) is 32.3. The van der Waals surface area contributed by atoms with Gasteiger partial charge < -0.3 is 23.7 Å². The summed E-state index contributed by atoms with van der Waals surface area (Å²) in [4.78, 5) is 51.1. The Labute approximate surface area is 223 Å². The molecule has 0 saturated carbocycles. The quantitative estimate of drug-likeness (QED) is 0.263. The van der Waals surface area contributed by atoms with Gasteiger partial charge in [-0.2, -0.15) is 0 Å². The normalized spacial score (nSPS) is 25.5. The minimum atomic E-state index is -1.23. The minimum absolute atomic E-state index is 0.274. The third-order valence-electron chi connectivity index (χ3n) is 5.13. The van der Waals surface area contributed by atoms with Crippen molar-refractivity contribution < 1.29 is 42.9 Å². The average Bonchev–Trinajstić information content (AvgIpc) is 2.67. The smallest absolute Gasteiger partial charge is 0.311 e. The molecule has 208 valence electrons. The largest absolute Gasteiger partial charge is 0.462 e. The maximum atomic E-state index is 13.0. The second kappa shape index (κ2) is 11.4. The van der Waals surface area contributed by atoms with Crippen LogP contribution in [-0.4, -0.2) is 59.9 Å². The van der Waals surface area contributed by atoms with E-state index in [0.29, 0.717) is 0 Å². The van der Waals surface area contributed by atoms with Crippen LogP contribution < -0.4 is 0 Å². The van der Waals surface area contributed by atoms with Crippen molar-refractivity contribution in [3.63, 3.8) is 0 Å². The molecular formula is C26H43BrO9. The van der Waals surface area contributed by atoms with E-state index in [9.17, 15) is 19.2 Å². The molecule has 1 aliphatic rings. The second-order valence-corrected chi connectivity index (χ2v) is 14.1. The molecule has 0 radical (unpaired) electrons. The predicted molar refractivity (Wildman–Crippen MR) is 136 cm³/mol. The number of ether oxygens (including phenoxy) is 5. The Morgan fingerprint density at radius 1 is 0.583 bits per heavy atom. The Hall–Kier alpha value is -1.68. The van der Waals surface area contributed by atoms with Gasteiger partial charge in [0.25, 0.3) is 0 Å². The molecule has 0 spiro atoms. The summed E-state index contributed by atoms with van der Waals surface area (Å²) < 4.78 is 28.8. The third kappa shape index (κ3) is 9.01. The Kier molecular flexibility index (Phi) is 10.2. The Bertz CT molecular complexity index is 824. The van der Waals surface area contributed by atoms with Crippen LogP contribution in [0.3, 0.4) is 0 Å². The zero-order valence-corrected chi connectivity index (χ0v) is 25.2. The van der Waals surface area contributed by atoms with Crippen molar-refractivity contribution in [3.05, 3.63) is 0 Å². The van der Waals surface area contributed by atoms with Crippen molar-refractivity contribution in [2.45, 2.75) is 113 Å². The molecule has 0 N–H and O–H groups in total. The fourth-order valence-electron chi connectivity index (χ4n) is 2.68. The third-order valence-corrected chi connectivity index (χ3v) is 5.87. The van der Waals surface area contributed by atoms with E-state index in [1.807, 2.05) is 0 Å². The van der Waals surface area contributed by atoms with Gasteiger partial charge in [0.2, 0.25) is 0 Å². The Morgan fingerprint density at radius 3 is 1.28 bits per heavy atom. The van der Waals surface area contributed by atoms with E-state index >= 15 is 0 Å². The zero-order valence-electron chi connectivity index (χ0n) is 23.6. The van der Waals surface area contributed by atoms with Crippen molar-refractivity contribution in [2.75, 3.05) is 6.61 Å². The fraction of sp³-hybridized carbons (Fsp3) is 0.846. The highest BCUT2D eigenvalue weighted by Crippen LogP contribution is 2.35. The highest BCUT2D eigenvalue weighted by molar-refractivity contribution is 9.09. The van der Waals surface area contributed by atoms with Crippen molar-refractivity contribution in [3.8, 4) is 0 Å². The van der Waals surface area contributed by atoms with Gasteiger partial charge in [0.1, 0.15) is 12.7 Å². The first-order valence-corrected chi connectivity index (χ1v) is 13.0.